The van der Waals surface area contributed by atoms with Gasteiger partial charge in [0, 0.05) is 16.8 Å². The molecule has 3 nitrogen and oxygen atoms in total. The Balaban J connectivity index is 2.31. The molecule has 1 heterocycles. The van der Waals surface area contributed by atoms with E-state index in [4.69, 9.17) is 11.6 Å². The molecule has 0 aliphatic carbocycles. The second kappa shape index (κ2) is 4.77. The van der Waals surface area contributed by atoms with E-state index < -0.39 is 0 Å². The zero-order valence-electron chi connectivity index (χ0n) is 8.38. The third-order valence-electron chi connectivity index (χ3n) is 2.04. The van der Waals surface area contributed by atoms with Gasteiger partial charge in [-0.3, -0.25) is 4.79 Å². The molecule has 0 bridgehead atoms. The summed E-state index contributed by atoms with van der Waals surface area (Å²) >= 11 is 5.88. The van der Waals surface area contributed by atoms with Gasteiger partial charge in [-0.25, -0.2) is 4.68 Å². The SMILES string of the molecule is O=CC=Cc1cnn(-c2cccc(Cl)c2)c1. The lowest BCUT2D eigenvalue weighted by Crippen LogP contribution is -1.92. The second-order valence-corrected chi connectivity index (χ2v) is 3.63. The van der Waals surface area contributed by atoms with Crippen LogP contribution >= 0.6 is 11.6 Å². The van der Waals surface area contributed by atoms with Crippen molar-refractivity contribution in [3.05, 3.63) is 53.3 Å². The van der Waals surface area contributed by atoms with Crippen LogP contribution in [0.1, 0.15) is 5.56 Å². The van der Waals surface area contributed by atoms with E-state index in [9.17, 15) is 4.79 Å². The average molecular weight is 233 g/mol. The van der Waals surface area contributed by atoms with E-state index in [2.05, 4.69) is 5.10 Å². The third-order valence-corrected chi connectivity index (χ3v) is 2.28. The highest BCUT2D eigenvalue weighted by molar-refractivity contribution is 6.30. The molecule has 0 aliphatic heterocycles. The Morgan fingerprint density at radius 3 is 3.00 bits per heavy atom. The van der Waals surface area contributed by atoms with Gasteiger partial charge in [-0.05, 0) is 30.4 Å². The monoisotopic (exact) mass is 232 g/mol. The van der Waals surface area contributed by atoms with Crippen molar-refractivity contribution in [3.63, 3.8) is 0 Å². The number of nitrogens with zero attached hydrogens (tertiary/aromatic N) is 2. The van der Waals surface area contributed by atoms with Crippen LogP contribution in [0.4, 0.5) is 0 Å². The predicted molar refractivity (Wildman–Crippen MR) is 63.7 cm³/mol. The topological polar surface area (TPSA) is 34.9 Å². The molecule has 0 aliphatic rings. The first kappa shape index (κ1) is 10.6. The maximum absolute atomic E-state index is 10.2. The van der Waals surface area contributed by atoms with E-state index in [0.717, 1.165) is 17.5 Å². The number of allylic oxidation sites excluding steroid dienone is 1. The summed E-state index contributed by atoms with van der Waals surface area (Å²) in [6.07, 6.45) is 7.36. The van der Waals surface area contributed by atoms with Gasteiger partial charge in [0.05, 0.1) is 11.9 Å². The number of hydrogen-bond donors (Lipinski definition) is 0. The molecule has 2 rings (SSSR count). The van der Waals surface area contributed by atoms with Gasteiger partial charge < -0.3 is 0 Å². The lowest BCUT2D eigenvalue weighted by molar-refractivity contribution is -0.104. The maximum Gasteiger partial charge on any atom is 0.142 e. The highest BCUT2D eigenvalue weighted by atomic mass is 35.5. The van der Waals surface area contributed by atoms with Gasteiger partial charge >= 0.3 is 0 Å². The van der Waals surface area contributed by atoms with Crippen molar-refractivity contribution in [3.8, 4) is 5.69 Å². The number of carbonyl (C=O) groups excluding carboxylic acids is 1. The Labute approximate surface area is 98.0 Å². The molecule has 1 aromatic heterocycles. The van der Waals surface area contributed by atoms with Gasteiger partial charge in [0.25, 0.3) is 0 Å². The van der Waals surface area contributed by atoms with Crippen LogP contribution < -0.4 is 0 Å². The van der Waals surface area contributed by atoms with E-state index in [1.165, 1.54) is 6.08 Å². The summed E-state index contributed by atoms with van der Waals surface area (Å²) in [7, 11) is 0. The number of rotatable bonds is 3. The lowest BCUT2D eigenvalue weighted by Gasteiger charge is -2.00. The molecule has 4 heteroatoms. The summed E-state index contributed by atoms with van der Waals surface area (Å²) in [5.41, 5.74) is 1.75. The predicted octanol–water partition coefficient (Wildman–Crippen LogP) is 2.74. The quantitative estimate of drug-likeness (QED) is 0.603. The van der Waals surface area contributed by atoms with Gasteiger partial charge in [-0.15, -0.1) is 0 Å². The molecule has 0 amide bonds. The average Bonchev–Trinajstić information content (AvgIpc) is 2.75. The minimum Gasteiger partial charge on any atom is -0.299 e. The maximum atomic E-state index is 10.2. The van der Waals surface area contributed by atoms with Gasteiger partial charge in [-0.1, -0.05) is 17.7 Å². The smallest absolute Gasteiger partial charge is 0.142 e. The molecule has 2 aromatic rings. The first-order valence-electron chi connectivity index (χ1n) is 4.72. The Morgan fingerprint density at radius 2 is 2.25 bits per heavy atom. The number of halogens is 1. The minimum absolute atomic E-state index is 0.665. The Kier molecular flexibility index (Phi) is 3.17. The Bertz CT molecular complexity index is 531. The summed E-state index contributed by atoms with van der Waals surface area (Å²) in [6, 6.07) is 7.40. The fraction of sp³-hybridized carbons (Fsp3) is 0. The molecule has 80 valence electrons. The van der Waals surface area contributed by atoms with Crippen molar-refractivity contribution >= 4 is 24.0 Å². The summed E-state index contributed by atoms with van der Waals surface area (Å²) in [4.78, 5) is 10.2. The number of hydrogen-bond acceptors (Lipinski definition) is 2. The Hall–Kier alpha value is -1.87. The van der Waals surface area contributed by atoms with Crippen molar-refractivity contribution in [2.75, 3.05) is 0 Å². The van der Waals surface area contributed by atoms with E-state index in [1.54, 1.807) is 17.0 Å². The van der Waals surface area contributed by atoms with Gasteiger partial charge in [-0.2, -0.15) is 5.10 Å². The highest BCUT2D eigenvalue weighted by Crippen LogP contribution is 2.14. The third kappa shape index (κ3) is 2.38. The number of aromatic nitrogens is 2. The second-order valence-electron chi connectivity index (χ2n) is 3.19. The van der Waals surface area contributed by atoms with Crippen molar-refractivity contribution < 1.29 is 4.79 Å². The molecule has 16 heavy (non-hydrogen) atoms. The number of benzene rings is 1. The van der Waals surface area contributed by atoms with E-state index in [1.807, 2.05) is 30.5 Å². The highest BCUT2D eigenvalue weighted by Gasteiger charge is 1.99. The Morgan fingerprint density at radius 1 is 1.38 bits per heavy atom. The van der Waals surface area contributed by atoms with Crippen LogP contribution in [0.15, 0.2) is 42.7 Å². The normalized spacial score (nSPS) is 10.8. The first-order valence-corrected chi connectivity index (χ1v) is 5.10. The molecule has 0 atom stereocenters. The zero-order chi connectivity index (χ0) is 11.4. The minimum atomic E-state index is 0.665. The summed E-state index contributed by atoms with van der Waals surface area (Å²) in [6.45, 7) is 0. The van der Waals surface area contributed by atoms with Crippen molar-refractivity contribution in [2.24, 2.45) is 0 Å². The molecular formula is C12H9ClN2O. The lowest BCUT2D eigenvalue weighted by atomic mass is 10.3. The summed E-state index contributed by atoms with van der Waals surface area (Å²) < 4.78 is 1.70. The van der Waals surface area contributed by atoms with E-state index in [-0.39, 0.29) is 0 Å². The standard InChI is InChI=1S/C12H9ClN2O/c13-11-4-1-5-12(7-11)15-9-10(8-14-15)3-2-6-16/h1-9H. The fourth-order valence-electron chi connectivity index (χ4n) is 1.33. The van der Waals surface area contributed by atoms with Crippen molar-refractivity contribution in [1.82, 2.24) is 9.78 Å². The summed E-state index contributed by atoms with van der Waals surface area (Å²) in [5, 5.41) is 4.84. The number of carbonyl (C=O) groups is 1. The van der Waals surface area contributed by atoms with E-state index in [0.29, 0.717) is 5.02 Å². The zero-order valence-corrected chi connectivity index (χ0v) is 9.13. The van der Waals surface area contributed by atoms with E-state index >= 15 is 0 Å². The van der Waals surface area contributed by atoms with Crippen LogP contribution in [0.25, 0.3) is 11.8 Å². The van der Waals surface area contributed by atoms with Crippen molar-refractivity contribution in [2.45, 2.75) is 0 Å². The van der Waals surface area contributed by atoms with Crippen LogP contribution in [0.3, 0.4) is 0 Å². The fourth-order valence-corrected chi connectivity index (χ4v) is 1.52. The van der Waals surface area contributed by atoms with Crippen molar-refractivity contribution in [1.29, 1.82) is 0 Å². The van der Waals surface area contributed by atoms with Crippen LogP contribution in [0.5, 0.6) is 0 Å². The van der Waals surface area contributed by atoms with Crippen LogP contribution in [-0.4, -0.2) is 16.1 Å². The van der Waals surface area contributed by atoms with Crippen LogP contribution in [-0.2, 0) is 4.79 Å². The molecule has 1 aromatic carbocycles. The molecule has 0 saturated heterocycles. The van der Waals surface area contributed by atoms with Crippen LogP contribution in [0.2, 0.25) is 5.02 Å². The number of aldehydes is 1. The first-order chi connectivity index (χ1) is 7.79. The molecule has 0 fully saturated rings. The molecule has 0 unspecified atom stereocenters. The largest absolute Gasteiger partial charge is 0.299 e. The van der Waals surface area contributed by atoms with Gasteiger partial charge in [0.15, 0.2) is 0 Å². The molecule has 0 N–H and O–H groups in total. The molecular weight excluding hydrogens is 224 g/mol. The van der Waals surface area contributed by atoms with Gasteiger partial charge in [0.2, 0.25) is 0 Å². The van der Waals surface area contributed by atoms with Gasteiger partial charge in [0.1, 0.15) is 6.29 Å². The molecule has 0 spiro atoms. The molecule has 0 saturated carbocycles. The van der Waals surface area contributed by atoms with Crippen LogP contribution in [0, 0.1) is 0 Å². The summed E-state index contributed by atoms with van der Waals surface area (Å²) in [5.74, 6) is 0. The molecule has 0 radical (unpaired) electrons.